The first-order valence-corrected chi connectivity index (χ1v) is 4.01. The average Bonchev–Trinajstić information content (AvgIpc) is 2.08. The SMILES string of the molecule is Fc1c(Cl)cccc1CN=C=S. The molecule has 0 saturated heterocycles. The summed E-state index contributed by atoms with van der Waals surface area (Å²) < 4.78 is 13.1. The molecule has 1 nitrogen and oxygen atoms in total. The van der Waals surface area contributed by atoms with Crippen molar-refractivity contribution >= 4 is 29.0 Å². The number of aliphatic imine (C=N–C) groups is 1. The first-order chi connectivity index (χ1) is 5.75. The third-order valence-corrected chi connectivity index (χ3v) is 1.77. The van der Waals surface area contributed by atoms with Gasteiger partial charge in [0.25, 0.3) is 0 Å². The monoisotopic (exact) mass is 201 g/mol. The van der Waals surface area contributed by atoms with E-state index in [1.807, 2.05) is 0 Å². The van der Waals surface area contributed by atoms with E-state index in [2.05, 4.69) is 22.4 Å². The minimum absolute atomic E-state index is 0.104. The summed E-state index contributed by atoms with van der Waals surface area (Å²) in [6.45, 7) is 0.190. The number of thiocarbonyl (C=S) groups is 1. The van der Waals surface area contributed by atoms with E-state index in [-0.39, 0.29) is 11.6 Å². The molecule has 1 rings (SSSR count). The predicted octanol–water partition coefficient (Wildman–Crippen LogP) is 3.08. The van der Waals surface area contributed by atoms with Gasteiger partial charge in [-0.2, -0.15) is 0 Å². The van der Waals surface area contributed by atoms with E-state index < -0.39 is 5.82 Å². The fourth-order valence-corrected chi connectivity index (χ4v) is 1.05. The molecule has 0 aliphatic carbocycles. The van der Waals surface area contributed by atoms with Crippen LogP contribution in [0.1, 0.15) is 5.56 Å². The number of rotatable bonds is 2. The summed E-state index contributed by atoms with van der Waals surface area (Å²) in [5, 5.41) is 2.27. The highest BCUT2D eigenvalue weighted by Crippen LogP contribution is 2.18. The highest BCUT2D eigenvalue weighted by atomic mass is 35.5. The van der Waals surface area contributed by atoms with Crippen LogP contribution in [0.3, 0.4) is 0 Å². The first-order valence-electron chi connectivity index (χ1n) is 3.22. The van der Waals surface area contributed by atoms with E-state index in [0.717, 1.165) is 0 Å². The lowest BCUT2D eigenvalue weighted by Crippen LogP contribution is -1.88. The maximum Gasteiger partial charge on any atom is 0.146 e. The Bertz CT molecular complexity index is 334. The van der Waals surface area contributed by atoms with Crippen molar-refractivity contribution in [3.05, 3.63) is 34.6 Å². The van der Waals surface area contributed by atoms with Gasteiger partial charge in [0.1, 0.15) is 5.82 Å². The molecule has 0 spiro atoms. The van der Waals surface area contributed by atoms with Crippen LogP contribution < -0.4 is 0 Å². The van der Waals surface area contributed by atoms with Crippen molar-refractivity contribution in [1.82, 2.24) is 0 Å². The molecule has 1 aromatic carbocycles. The van der Waals surface area contributed by atoms with Gasteiger partial charge in [-0.15, -0.1) is 0 Å². The lowest BCUT2D eigenvalue weighted by molar-refractivity contribution is 0.611. The summed E-state index contributed by atoms with van der Waals surface area (Å²) in [6, 6.07) is 4.76. The second-order valence-corrected chi connectivity index (χ2v) is 2.71. The van der Waals surface area contributed by atoms with Crippen molar-refractivity contribution in [2.75, 3.05) is 0 Å². The lowest BCUT2D eigenvalue weighted by Gasteiger charge is -1.98. The van der Waals surface area contributed by atoms with E-state index in [4.69, 9.17) is 11.6 Å². The van der Waals surface area contributed by atoms with Crippen LogP contribution in [-0.2, 0) is 6.54 Å². The lowest BCUT2D eigenvalue weighted by atomic mass is 10.2. The van der Waals surface area contributed by atoms with Gasteiger partial charge in [-0.1, -0.05) is 23.7 Å². The summed E-state index contributed by atoms with van der Waals surface area (Å²) >= 11 is 9.88. The molecule has 0 unspecified atom stereocenters. The van der Waals surface area contributed by atoms with Crippen LogP contribution in [0.15, 0.2) is 23.2 Å². The van der Waals surface area contributed by atoms with Gasteiger partial charge in [-0.05, 0) is 18.3 Å². The molecular weight excluding hydrogens is 197 g/mol. The van der Waals surface area contributed by atoms with Crippen molar-refractivity contribution in [3.8, 4) is 0 Å². The average molecular weight is 202 g/mol. The van der Waals surface area contributed by atoms with Gasteiger partial charge >= 0.3 is 0 Å². The molecule has 12 heavy (non-hydrogen) atoms. The van der Waals surface area contributed by atoms with E-state index in [9.17, 15) is 4.39 Å². The Hall–Kier alpha value is -0.760. The Kier molecular flexibility index (Phi) is 3.35. The summed E-state index contributed by atoms with van der Waals surface area (Å²) in [6.07, 6.45) is 0. The standard InChI is InChI=1S/C8H5ClFNS/c9-7-3-1-2-6(8(7)10)4-11-5-12/h1-3H,4H2. The Labute approximate surface area is 79.9 Å². The predicted molar refractivity (Wildman–Crippen MR) is 50.1 cm³/mol. The second-order valence-electron chi connectivity index (χ2n) is 2.12. The van der Waals surface area contributed by atoms with Crippen LogP contribution >= 0.6 is 23.8 Å². The van der Waals surface area contributed by atoms with E-state index in [1.165, 1.54) is 6.07 Å². The normalized spacial score (nSPS) is 9.17. The van der Waals surface area contributed by atoms with Crippen molar-refractivity contribution in [2.45, 2.75) is 6.54 Å². The second kappa shape index (κ2) is 4.31. The summed E-state index contributed by atoms with van der Waals surface area (Å²) in [5.41, 5.74) is 0.430. The van der Waals surface area contributed by atoms with Crippen molar-refractivity contribution in [2.24, 2.45) is 4.99 Å². The molecule has 4 heteroatoms. The van der Waals surface area contributed by atoms with Gasteiger partial charge in [0.2, 0.25) is 0 Å². The molecule has 0 aromatic heterocycles. The third kappa shape index (κ3) is 2.11. The van der Waals surface area contributed by atoms with Crippen molar-refractivity contribution in [3.63, 3.8) is 0 Å². The number of nitrogens with zero attached hydrogens (tertiary/aromatic N) is 1. The Balaban J connectivity index is 2.99. The van der Waals surface area contributed by atoms with Crippen molar-refractivity contribution in [1.29, 1.82) is 0 Å². The molecular formula is C8H5ClFNS. The molecule has 0 radical (unpaired) electrons. The molecule has 1 aromatic rings. The minimum atomic E-state index is -0.437. The van der Waals surface area contributed by atoms with Gasteiger partial charge in [0.05, 0.1) is 16.7 Å². The number of hydrogen-bond donors (Lipinski definition) is 0. The van der Waals surface area contributed by atoms with Crippen LogP contribution in [0.4, 0.5) is 4.39 Å². The van der Waals surface area contributed by atoms with Gasteiger partial charge in [0, 0.05) is 5.56 Å². The summed E-state index contributed by atoms with van der Waals surface area (Å²) in [5.74, 6) is -0.437. The third-order valence-electron chi connectivity index (χ3n) is 1.35. The van der Waals surface area contributed by atoms with Crippen molar-refractivity contribution < 1.29 is 4.39 Å². The molecule has 0 aliphatic rings. The Morgan fingerprint density at radius 2 is 2.33 bits per heavy atom. The number of benzene rings is 1. The van der Waals surface area contributed by atoms with Crippen LogP contribution in [0.5, 0.6) is 0 Å². The van der Waals surface area contributed by atoms with Crippen LogP contribution in [0.25, 0.3) is 0 Å². The quantitative estimate of drug-likeness (QED) is 0.529. The molecule has 0 saturated carbocycles. The Morgan fingerprint density at radius 3 is 3.00 bits per heavy atom. The zero-order valence-electron chi connectivity index (χ0n) is 6.05. The fraction of sp³-hybridized carbons (Fsp3) is 0.125. The number of isothiocyanates is 1. The van der Waals surface area contributed by atoms with E-state index in [1.54, 1.807) is 12.1 Å². The molecule has 0 fully saturated rings. The fourth-order valence-electron chi connectivity index (χ4n) is 0.788. The largest absolute Gasteiger partial charge is 0.228 e. The molecule has 0 atom stereocenters. The first kappa shape index (κ1) is 9.33. The molecule has 0 bridgehead atoms. The van der Waals surface area contributed by atoms with Gasteiger partial charge < -0.3 is 0 Å². The van der Waals surface area contributed by atoms with Crippen LogP contribution in [0, 0.1) is 5.82 Å². The minimum Gasteiger partial charge on any atom is -0.228 e. The van der Waals surface area contributed by atoms with Gasteiger partial charge in [0.15, 0.2) is 0 Å². The molecule has 0 heterocycles. The topological polar surface area (TPSA) is 12.4 Å². The van der Waals surface area contributed by atoms with Crippen LogP contribution in [-0.4, -0.2) is 5.16 Å². The van der Waals surface area contributed by atoms with Gasteiger partial charge in [-0.25, -0.2) is 9.38 Å². The molecule has 62 valence electrons. The highest BCUT2D eigenvalue weighted by Gasteiger charge is 2.03. The van der Waals surface area contributed by atoms with E-state index in [0.29, 0.717) is 5.56 Å². The molecule has 0 N–H and O–H groups in total. The zero-order chi connectivity index (χ0) is 8.97. The molecule has 0 aliphatic heterocycles. The molecule has 0 amide bonds. The number of hydrogen-bond acceptors (Lipinski definition) is 2. The van der Waals surface area contributed by atoms with Gasteiger partial charge in [-0.3, -0.25) is 0 Å². The highest BCUT2D eigenvalue weighted by molar-refractivity contribution is 7.78. The maximum atomic E-state index is 13.1. The zero-order valence-corrected chi connectivity index (χ0v) is 7.62. The van der Waals surface area contributed by atoms with Crippen LogP contribution in [0.2, 0.25) is 5.02 Å². The van der Waals surface area contributed by atoms with E-state index >= 15 is 0 Å². The Morgan fingerprint density at radius 1 is 1.58 bits per heavy atom. The number of halogens is 2. The summed E-state index contributed by atoms with van der Waals surface area (Å²) in [4.78, 5) is 3.61. The smallest absolute Gasteiger partial charge is 0.146 e. The summed E-state index contributed by atoms with van der Waals surface area (Å²) in [7, 11) is 0. The maximum absolute atomic E-state index is 13.1.